The maximum Gasteiger partial charge on any atom is 0.183 e. The Labute approximate surface area is 116 Å². The molecule has 3 nitrogen and oxygen atoms in total. The van der Waals surface area contributed by atoms with Crippen molar-refractivity contribution < 1.29 is 9.53 Å². The van der Waals surface area contributed by atoms with Gasteiger partial charge in [-0.05, 0) is 57.6 Å². The topological polar surface area (TPSA) is 29.5 Å². The largest absolute Gasteiger partial charge is 0.497 e. The van der Waals surface area contributed by atoms with Crippen LogP contribution < -0.4 is 4.74 Å². The van der Waals surface area contributed by atoms with Crippen LogP contribution in [-0.2, 0) is 0 Å². The number of methoxy groups -OCH3 is 1. The van der Waals surface area contributed by atoms with Gasteiger partial charge in [0.25, 0.3) is 0 Å². The molecule has 0 aliphatic rings. The number of rotatable bonds is 6. The Morgan fingerprint density at radius 3 is 2.21 bits per heavy atom. The van der Waals surface area contributed by atoms with Crippen LogP contribution in [0.5, 0.6) is 5.75 Å². The number of aryl methyl sites for hydroxylation is 1. The molecular formula is C16H25NO2. The number of ether oxygens (including phenoxy) is 1. The number of Topliss-reactive ketones (excluding diaryl/α,β-unsaturated/α-hetero) is 1. The van der Waals surface area contributed by atoms with Crippen molar-refractivity contribution in [3.05, 3.63) is 29.3 Å². The van der Waals surface area contributed by atoms with Crippen molar-refractivity contribution in [1.29, 1.82) is 0 Å². The quantitative estimate of drug-likeness (QED) is 0.737. The normalized spacial score (nSPS) is 11.7. The molecule has 0 fully saturated rings. The first-order valence-corrected chi connectivity index (χ1v) is 6.79. The summed E-state index contributed by atoms with van der Waals surface area (Å²) in [6.45, 7) is 6.10. The van der Waals surface area contributed by atoms with Crippen LogP contribution in [0, 0.1) is 6.92 Å². The van der Waals surface area contributed by atoms with Crippen LogP contribution in [0.2, 0.25) is 0 Å². The molecule has 0 heterocycles. The number of hydrogen-bond donors (Lipinski definition) is 0. The van der Waals surface area contributed by atoms with E-state index in [4.69, 9.17) is 4.74 Å². The third kappa shape index (κ3) is 2.81. The second-order valence-electron chi connectivity index (χ2n) is 5.14. The number of ketones is 1. The van der Waals surface area contributed by atoms with E-state index in [1.165, 1.54) is 0 Å². The van der Waals surface area contributed by atoms with Crippen molar-refractivity contribution >= 4 is 5.78 Å². The molecule has 0 spiro atoms. The lowest BCUT2D eigenvalue weighted by atomic mass is 9.82. The average Bonchev–Trinajstić information content (AvgIpc) is 2.39. The lowest BCUT2D eigenvalue weighted by molar-refractivity contribution is 0.0655. The summed E-state index contributed by atoms with van der Waals surface area (Å²) >= 11 is 0. The van der Waals surface area contributed by atoms with Crippen LogP contribution in [0.15, 0.2) is 18.2 Å². The zero-order valence-electron chi connectivity index (χ0n) is 12.9. The minimum atomic E-state index is -0.417. The van der Waals surface area contributed by atoms with Gasteiger partial charge in [0, 0.05) is 5.56 Å². The molecule has 0 aliphatic carbocycles. The van der Waals surface area contributed by atoms with Crippen LogP contribution in [0.3, 0.4) is 0 Å². The molecule has 1 aromatic carbocycles. The maximum absolute atomic E-state index is 12.9. The lowest BCUT2D eigenvalue weighted by Gasteiger charge is -2.37. The third-order valence-corrected chi connectivity index (χ3v) is 4.13. The van der Waals surface area contributed by atoms with Crippen LogP contribution in [0.1, 0.15) is 42.6 Å². The molecule has 106 valence electrons. The van der Waals surface area contributed by atoms with Crippen LogP contribution in [0.25, 0.3) is 0 Å². The fourth-order valence-electron chi connectivity index (χ4n) is 2.68. The van der Waals surface area contributed by atoms with Crippen molar-refractivity contribution in [3.63, 3.8) is 0 Å². The minimum absolute atomic E-state index is 0.197. The van der Waals surface area contributed by atoms with Gasteiger partial charge in [0.1, 0.15) is 5.75 Å². The van der Waals surface area contributed by atoms with E-state index in [-0.39, 0.29) is 5.78 Å². The summed E-state index contributed by atoms with van der Waals surface area (Å²) in [7, 11) is 5.59. The van der Waals surface area contributed by atoms with Crippen molar-refractivity contribution in [1.82, 2.24) is 4.90 Å². The Kier molecular flexibility index (Phi) is 5.12. The smallest absolute Gasteiger partial charge is 0.183 e. The zero-order valence-corrected chi connectivity index (χ0v) is 12.9. The number of carbonyl (C=O) groups is 1. The average molecular weight is 263 g/mol. The van der Waals surface area contributed by atoms with E-state index in [0.29, 0.717) is 0 Å². The van der Waals surface area contributed by atoms with Gasteiger partial charge < -0.3 is 4.74 Å². The van der Waals surface area contributed by atoms with Crippen molar-refractivity contribution in [3.8, 4) is 5.75 Å². The molecule has 0 amide bonds. The summed E-state index contributed by atoms with van der Waals surface area (Å²) in [5.74, 6) is 0.986. The highest BCUT2D eigenvalue weighted by molar-refractivity contribution is 6.04. The fourth-order valence-corrected chi connectivity index (χ4v) is 2.68. The summed E-state index contributed by atoms with van der Waals surface area (Å²) in [5.41, 5.74) is 1.34. The highest BCUT2D eigenvalue weighted by Gasteiger charge is 2.38. The molecule has 0 saturated heterocycles. The van der Waals surface area contributed by atoms with Gasteiger partial charge in [-0.2, -0.15) is 0 Å². The molecule has 0 aliphatic heterocycles. The zero-order chi connectivity index (χ0) is 14.6. The first-order chi connectivity index (χ1) is 8.92. The van der Waals surface area contributed by atoms with E-state index in [1.807, 2.05) is 44.1 Å². The second-order valence-corrected chi connectivity index (χ2v) is 5.14. The molecule has 0 saturated carbocycles. The van der Waals surface area contributed by atoms with Gasteiger partial charge in [-0.15, -0.1) is 0 Å². The fraction of sp³-hybridized carbons (Fsp3) is 0.562. The molecular weight excluding hydrogens is 238 g/mol. The predicted molar refractivity (Wildman–Crippen MR) is 79.1 cm³/mol. The van der Waals surface area contributed by atoms with Gasteiger partial charge >= 0.3 is 0 Å². The minimum Gasteiger partial charge on any atom is -0.497 e. The van der Waals surface area contributed by atoms with Gasteiger partial charge in [-0.25, -0.2) is 0 Å². The highest BCUT2D eigenvalue weighted by atomic mass is 16.5. The second kappa shape index (κ2) is 6.20. The van der Waals surface area contributed by atoms with Gasteiger partial charge in [-0.3, -0.25) is 9.69 Å². The standard InChI is InChI=1S/C16H25NO2/c1-7-16(8-2,17(4)5)15(18)14-10-9-13(19-6)11-12(14)3/h9-11H,7-8H2,1-6H3. The summed E-state index contributed by atoms with van der Waals surface area (Å²) in [5, 5.41) is 0. The van der Waals surface area contributed by atoms with Crippen molar-refractivity contribution in [2.45, 2.75) is 39.2 Å². The molecule has 3 heteroatoms. The van der Waals surface area contributed by atoms with Crippen LogP contribution in [0.4, 0.5) is 0 Å². The lowest BCUT2D eigenvalue weighted by Crippen LogP contribution is -2.50. The summed E-state index contributed by atoms with van der Waals surface area (Å²) in [6.07, 6.45) is 1.61. The molecule has 19 heavy (non-hydrogen) atoms. The number of carbonyl (C=O) groups excluding carboxylic acids is 1. The molecule has 0 aromatic heterocycles. The Bertz CT molecular complexity index is 448. The number of benzene rings is 1. The molecule has 0 radical (unpaired) electrons. The third-order valence-electron chi connectivity index (χ3n) is 4.13. The predicted octanol–water partition coefficient (Wildman–Crippen LogP) is 3.31. The highest BCUT2D eigenvalue weighted by Crippen LogP contribution is 2.29. The summed E-state index contributed by atoms with van der Waals surface area (Å²) in [6, 6.07) is 5.64. The van der Waals surface area contributed by atoms with E-state index in [0.717, 1.165) is 29.7 Å². The summed E-state index contributed by atoms with van der Waals surface area (Å²) in [4.78, 5) is 14.9. The van der Waals surface area contributed by atoms with E-state index < -0.39 is 5.54 Å². The molecule has 1 rings (SSSR count). The summed E-state index contributed by atoms with van der Waals surface area (Å²) < 4.78 is 5.19. The van der Waals surface area contributed by atoms with Crippen molar-refractivity contribution in [2.75, 3.05) is 21.2 Å². The van der Waals surface area contributed by atoms with Crippen LogP contribution >= 0.6 is 0 Å². The van der Waals surface area contributed by atoms with Crippen molar-refractivity contribution in [2.24, 2.45) is 0 Å². The van der Waals surface area contributed by atoms with E-state index >= 15 is 0 Å². The van der Waals surface area contributed by atoms with Gasteiger partial charge in [0.15, 0.2) is 5.78 Å². The maximum atomic E-state index is 12.9. The van der Waals surface area contributed by atoms with E-state index in [1.54, 1.807) is 7.11 Å². The van der Waals surface area contributed by atoms with Gasteiger partial charge in [0.2, 0.25) is 0 Å². The Morgan fingerprint density at radius 1 is 1.26 bits per heavy atom. The van der Waals surface area contributed by atoms with E-state index in [9.17, 15) is 4.79 Å². The van der Waals surface area contributed by atoms with Gasteiger partial charge in [-0.1, -0.05) is 13.8 Å². The van der Waals surface area contributed by atoms with Gasteiger partial charge in [0.05, 0.1) is 12.6 Å². The Morgan fingerprint density at radius 2 is 1.84 bits per heavy atom. The van der Waals surface area contributed by atoms with Crippen LogP contribution in [-0.4, -0.2) is 37.4 Å². The Balaban J connectivity index is 3.25. The molecule has 0 N–H and O–H groups in total. The SMILES string of the molecule is CCC(CC)(C(=O)c1ccc(OC)cc1C)N(C)C. The number of hydrogen-bond acceptors (Lipinski definition) is 3. The molecule has 0 bridgehead atoms. The monoisotopic (exact) mass is 263 g/mol. The molecule has 0 atom stereocenters. The Hall–Kier alpha value is -1.35. The number of nitrogens with zero attached hydrogens (tertiary/aromatic N) is 1. The first kappa shape index (κ1) is 15.7. The first-order valence-electron chi connectivity index (χ1n) is 6.79. The van der Waals surface area contributed by atoms with E-state index in [2.05, 4.69) is 13.8 Å². The molecule has 0 unspecified atom stereocenters. The number of likely N-dealkylation sites (N-methyl/N-ethyl adjacent to an activating group) is 1. The molecule has 1 aromatic rings.